The van der Waals surface area contributed by atoms with Crippen LogP contribution in [0.15, 0.2) is 41.3 Å². The van der Waals surface area contributed by atoms with Gasteiger partial charge in [-0.3, -0.25) is 9.59 Å². The first-order chi connectivity index (χ1) is 12.5. The number of para-hydroxylation sites is 1. The fourth-order valence-corrected chi connectivity index (χ4v) is 3.90. The number of thioether (sulfide) groups is 1. The van der Waals surface area contributed by atoms with Gasteiger partial charge in [-0.05, 0) is 12.1 Å². The van der Waals surface area contributed by atoms with Crippen LogP contribution in [0.2, 0.25) is 5.02 Å². The number of hydrogen-bond acceptors (Lipinski definition) is 5. The van der Waals surface area contributed by atoms with E-state index in [9.17, 15) is 9.59 Å². The number of nitrogens with one attached hydrogen (secondary N) is 2. The van der Waals surface area contributed by atoms with Crippen LogP contribution in [0.5, 0.6) is 11.5 Å². The summed E-state index contributed by atoms with van der Waals surface area (Å²) in [5.41, 5.74) is 1.20. The smallest absolute Gasteiger partial charge is 0.238 e. The van der Waals surface area contributed by atoms with E-state index < -0.39 is 5.25 Å². The summed E-state index contributed by atoms with van der Waals surface area (Å²) in [5, 5.41) is 5.45. The second kappa shape index (κ2) is 7.88. The number of carbonyl (C=O) groups is 2. The van der Waals surface area contributed by atoms with Crippen LogP contribution in [0, 0.1) is 0 Å². The van der Waals surface area contributed by atoms with E-state index in [1.54, 1.807) is 12.1 Å². The van der Waals surface area contributed by atoms with Crippen LogP contribution in [-0.2, 0) is 9.59 Å². The lowest BCUT2D eigenvalue weighted by molar-refractivity contribution is -0.120. The number of rotatable bonds is 5. The number of ether oxygens (including phenoxy) is 2. The molecule has 0 bridgehead atoms. The Morgan fingerprint density at radius 3 is 2.69 bits per heavy atom. The van der Waals surface area contributed by atoms with Gasteiger partial charge in [-0.15, -0.1) is 11.8 Å². The highest BCUT2D eigenvalue weighted by Gasteiger charge is 2.29. The van der Waals surface area contributed by atoms with Crippen molar-refractivity contribution in [3.05, 3.63) is 41.4 Å². The maximum Gasteiger partial charge on any atom is 0.238 e. The van der Waals surface area contributed by atoms with E-state index in [0.29, 0.717) is 22.2 Å². The molecule has 1 aliphatic heterocycles. The van der Waals surface area contributed by atoms with Crippen molar-refractivity contribution >= 4 is 46.6 Å². The molecule has 2 N–H and O–H groups in total. The summed E-state index contributed by atoms with van der Waals surface area (Å²) in [6, 6.07) is 10.6. The first-order valence-corrected chi connectivity index (χ1v) is 9.05. The standard InChI is InChI=1S/C18H17ClN2O4S/c1-24-13-8-12(14(25-2)7-10(13)19)20-17(22)9-16-18(23)21-11-5-3-4-6-15(11)26-16/h3-8,16H,9H2,1-2H3,(H,20,22)(H,21,23). The Morgan fingerprint density at radius 1 is 1.23 bits per heavy atom. The number of benzene rings is 2. The molecule has 0 spiro atoms. The third kappa shape index (κ3) is 3.89. The van der Waals surface area contributed by atoms with Crippen LogP contribution in [0.3, 0.4) is 0 Å². The van der Waals surface area contributed by atoms with E-state index in [0.717, 1.165) is 10.6 Å². The summed E-state index contributed by atoms with van der Waals surface area (Å²) in [4.78, 5) is 25.6. The zero-order valence-electron chi connectivity index (χ0n) is 14.2. The Balaban J connectivity index is 1.73. The number of hydrogen-bond donors (Lipinski definition) is 2. The summed E-state index contributed by atoms with van der Waals surface area (Å²) in [6.45, 7) is 0. The van der Waals surface area contributed by atoms with Gasteiger partial charge in [-0.1, -0.05) is 23.7 Å². The molecule has 0 saturated heterocycles. The predicted molar refractivity (Wildman–Crippen MR) is 103 cm³/mol. The molecule has 1 aliphatic rings. The summed E-state index contributed by atoms with van der Waals surface area (Å²) < 4.78 is 10.4. The monoisotopic (exact) mass is 392 g/mol. The fourth-order valence-electron chi connectivity index (χ4n) is 2.55. The zero-order chi connectivity index (χ0) is 18.7. The quantitative estimate of drug-likeness (QED) is 0.809. The zero-order valence-corrected chi connectivity index (χ0v) is 15.7. The van der Waals surface area contributed by atoms with Gasteiger partial charge in [0.1, 0.15) is 11.5 Å². The van der Waals surface area contributed by atoms with Crippen molar-refractivity contribution in [3.63, 3.8) is 0 Å². The minimum absolute atomic E-state index is 0.0267. The van der Waals surface area contributed by atoms with E-state index in [4.69, 9.17) is 21.1 Å². The Morgan fingerprint density at radius 2 is 1.96 bits per heavy atom. The van der Waals surface area contributed by atoms with Gasteiger partial charge in [0.05, 0.1) is 35.9 Å². The molecule has 0 aromatic heterocycles. The van der Waals surface area contributed by atoms with Crippen LogP contribution >= 0.6 is 23.4 Å². The SMILES string of the molecule is COc1cc(NC(=O)CC2Sc3ccccc3NC2=O)c(OC)cc1Cl. The van der Waals surface area contributed by atoms with Gasteiger partial charge < -0.3 is 20.1 Å². The predicted octanol–water partition coefficient (Wildman–Crippen LogP) is 3.80. The summed E-state index contributed by atoms with van der Waals surface area (Å²) in [5.74, 6) is 0.334. The van der Waals surface area contributed by atoms with E-state index in [1.165, 1.54) is 26.0 Å². The topological polar surface area (TPSA) is 76.7 Å². The molecule has 2 aromatic rings. The van der Waals surface area contributed by atoms with Crippen LogP contribution in [-0.4, -0.2) is 31.3 Å². The van der Waals surface area contributed by atoms with Crippen molar-refractivity contribution in [3.8, 4) is 11.5 Å². The second-order valence-electron chi connectivity index (χ2n) is 5.53. The molecule has 0 saturated carbocycles. The summed E-state index contributed by atoms with van der Waals surface area (Å²) in [6.07, 6.45) is 0.0267. The normalized spacial score (nSPS) is 15.7. The minimum Gasteiger partial charge on any atom is -0.495 e. The van der Waals surface area contributed by atoms with Crippen molar-refractivity contribution in [1.82, 2.24) is 0 Å². The lowest BCUT2D eigenvalue weighted by atomic mass is 10.2. The molecule has 8 heteroatoms. The van der Waals surface area contributed by atoms with Gasteiger partial charge in [-0.25, -0.2) is 0 Å². The van der Waals surface area contributed by atoms with Gasteiger partial charge in [0.15, 0.2) is 0 Å². The van der Waals surface area contributed by atoms with Gasteiger partial charge in [0.2, 0.25) is 11.8 Å². The van der Waals surface area contributed by atoms with E-state index in [-0.39, 0.29) is 18.2 Å². The maximum atomic E-state index is 12.5. The number of anilines is 2. The van der Waals surface area contributed by atoms with Crippen LogP contribution in [0.25, 0.3) is 0 Å². The number of carbonyl (C=O) groups excluding carboxylic acids is 2. The van der Waals surface area contributed by atoms with Gasteiger partial charge >= 0.3 is 0 Å². The van der Waals surface area contributed by atoms with Crippen molar-refractivity contribution in [2.24, 2.45) is 0 Å². The lowest BCUT2D eigenvalue weighted by Crippen LogP contribution is -2.32. The molecule has 2 amide bonds. The molecule has 3 rings (SSSR count). The van der Waals surface area contributed by atoms with E-state index in [1.807, 2.05) is 24.3 Å². The van der Waals surface area contributed by atoms with Gasteiger partial charge in [0.25, 0.3) is 0 Å². The molecule has 1 heterocycles. The summed E-state index contributed by atoms with van der Waals surface area (Å²) >= 11 is 7.44. The molecular formula is C18H17ClN2O4S. The largest absolute Gasteiger partial charge is 0.495 e. The number of fused-ring (bicyclic) bond motifs is 1. The molecular weight excluding hydrogens is 376 g/mol. The first-order valence-electron chi connectivity index (χ1n) is 7.79. The average molecular weight is 393 g/mol. The molecule has 26 heavy (non-hydrogen) atoms. The molecule has 1 unspecified atom stereocenters. The number of amides is 2. The third-order valence-electron chi connectivity index (χ3n) is 3.83. The Kier molecular flexibility index (Phi) is 5.58. The first kappa shape index (κ1) is 18.4. The molecule has 1 atom stereocenters. The lowest BCUT2D eigenvalue weighted by Gasteiger charge is -2.23. The molecule has 0 radical (unpaired) electrons. The molecule has 6 nitrogen and oxygen atoms in total. The average Bonchev–Trinajstić information content (AvgIpc) is 2.63. The molecule has 0 fully saturated rings. The molecule has 2 aromatic carbocycles. The van der Waals surface area contributed by atoms with Crippen LogP contribution < -0.4 is 20.1 Å². The minimum atomic E-state index is -0.509. The van der Waals surface area contributed by atoms with Crippen LogP contribution in [0.4, 0.5) is 11.4 Å². The van der Waals surface area contributed by atoms with Crippen molar-refractivity contribution in [2.75, 3.05) is 24.9 Å². The number of methoxy groups -OCH3 is 2. The van der Waals surface area contributed by atoms with E-state index in [2.05, 4.69) is 10.6 Å². The Bertz CT molecular complexity index is 859. The second-order valence-corrected chi connectivity index (χ2v) is 7.18. The Hall–Kier alpha value is -2.38. The number of halogens is 1. The third-order valence-corrected chi connectivity index (χ3v) is 5.40. The van der Waals surface area contributed by atoms with Crippen molar-refractivity contribution < 1.29 is 19.1 Å². The highest BCUT2D eigenvalue weighted by atomic mass is 35.5. The van der Waals surface area contributed by atoms with Gasteiger partial charge in [0, 0.05) is 23.4 Å². The maximum absolute atomic E-state index is 12.5. The molecule has 0 aliphatic carbocycles. The van der Waals surface area contributed by atoms with Crippen molar-refractivity contribution in [2.45, 2.75) is 16.6 Å². The highest BCUT2D eigenvalue weighted by molar-refractivity contribution is 8.01. The van der Waals surface area contributed by atoms with E-state index >= 15 is 0 Å². The summed E-state index contributed by atoms with van der Waals surface area (Å²) in [7, 11) is 2.97. The van der Waals surface area contributed by atoms with Crippen molar-refractivity contribution in [1.29, 1.82) is 0 Å². The fraction of sp³-hybridized carbons (Fsp3) is 0.222. The highest BCUT2D eigenvalue weighted by Crippen LogP contribution is 2.38. The van der Waals surface area contributed by atoms with Crippen LogP contribution in [0.1, 0.15) is 6.42 Å². The molecule has 136 valence electrons. The van der Waals surface area contributed by atoms with Gasteiger partial charge in [-0.2, -0.15) is 0 Å². The Labute approximate surface area is 160 Å².